The van der Waals surface area contributed by atoms with Crippen molar-refractivity contribution in [3.8, 4) is 6.07 Å². The van der Waals surface area contributed by atoms with E-state index in [1.54, 1.807) is 0 Å². The van der Waals surface area contributed by atoms with Gasteiger partial charge in [-0.25, -0.2) is 0 Å². The zero-order chi connectivity index (χ0) is 10.4. The van der Waals surface area contributed by atoms with E-state index < -0.39 is 12.2 Å². The molecule has 4 heteroatoms. The van der Waals surface area contributed by atoms with Crippen molar-refractivity contribution in [1.29, 1.82) is 5.26 Å². The lowest BCUT2D eigenvalue weighted by Gasteiger charge is -2.11. The van der Waals surface area contributed by atoms with E-state index in [0.717, 1.165) is 5.56 Å². The minimum absolute atomic E-state index is 0.144. The van der Waals surface area contributed by atoms with Gasteiger partial charge in [0.15, 0.2) is 0 Å². The van der Waals surface area contributed by atoms with Gasteiger partial charge in [-0.1, -0.05) is 30.3 Å². The first kappa shape index (κ1) is 10.2. The number of benzene rings is 1. The molecule has 1 atom stereocenters. The third-order valence-corrected chi connectivity index (χ3v) is 1.72. The molecule has 0 aliphatic rings. The van der Waals surface area contributed by atoms with Crippen molar-refractivity contribution in [1.82, 2.24) is 0 Å². The van der Waals surface area contributed by atoms with E-state index in [1.807, 2.05) is 36.4 Å². The molecule has 0 heterocycles. The minimum atomic E-state index is -0.617. The molecule has 0 saturated heterocycles. The summed E-state index contributed by atoms with van der Waals surface area (Å²) in [4.78, 5) is 10.7. The van der Waals surface area contributed by atoms with Crippen LogP contribution in [0.5, 0.6) is 0 Å². The van der Waals surface area contributed by atoms with Gasteiger partial charge in [-0.2, -0.15) is 10.1 Å². The average molecular weight is 191 g/mol. The van der Waals surface area contributed by atoms with Crippen LogP contribution in [0, 0.1) is 11.3 Å². The Morgan fingerprint density at radius 3 is 2.64 bits per heavy atom. The highest BCUT2D eigenvalue weighted by molar-refractivity contribution is 5.54. The zero-order valence-corrected chi connectivity index (χ0v) is 7.64. The normalized spacial score (nSPS) is 11.4. The highest BCUT2D eigenvalue weighted by atomic mass is 16.6. The van der Waals surface area contributed by atoms with Crippen LogP contribution >= 0.6 is 0 Å². The van der Waals surface area contributed by atoms with Crippen molar-refractivity contribution in [2.75, 3.05) is 0 Å². The van der Waals surface area contributed by atoms with E-state index in [9.17, 15) is 4.79 Å². The molecule has 1 aromatic carbocycles. The highest BCUT2D eigenvalue weighted by Crippen LogP contribution is 2.19. The number of hydrogen-bond donors (Lipinski definition) is 1. The van der Waals surface area contributed by atoms with Crippen LogP contribution in [0.2, 0.25) is 0 Å². The average Bonchev–Trinajstić information content (AvgIpc) is 2.18. The van der Waals surface area contributed by atoms with Crippen LogP contribution in [-0.2, 0) is 4.74 Å². The van der Waals surface area contributed by atoms with Crippen LogP contribution in [-0.4, -0.2) is 6.09 Å². The lowest BCUT2D eigenvalue weighted by atomic mass is 10.1. The van der Waals surface area contributed by atoms with E-state index in [1.165, 1.54) is 0 Å². The first-order valence-corrected chi connectivity index (χ1v) is 4.18. The molecule has 1 aromatic rings. The third kappa shape index (κ3) is 2.88. The fourth-order valence-electron chi connectivity index (χ4n) is 1.14. The molecule has 0 bridgehead atoms. The Morgan fingerprint density at radius 1 is 1.50 bits per heavy atom. The molecule has 0 saturated carbocycles. The summed E-state index contributed by atoms with van der Waals surface area (Å²) in [5, 5.41) is 8.55. The molecule has 1 amide bonds. The molecule has 1 unspecified atom stereocenters. The maximum absolute atomic E-state index is 10.7. The van der Waals surface area contributed by atoms with E-state index in [-0.39, 0.29) is 6.42 Å². The minimum Gasteiger partial charge on any atom is -0.411 e. The van der Waals surface area contributed by atoms with Crippen LogP contribution in [0.1, 0.15) is 18.1 Å². The second-order valence-corrected chi connectivity index (χ2v) is 2.75. The van der Waals surface area contributed by atoms with Gasteiger partial charge in [-0.3, -0.25) is 5.73 Å². The van der Waals surface area contributed by atoms with E-state index in [0.29, 0.717) is 0 Å². The fraction of sp³-hybridized carbons (Fsp3) is 0.200. The molecule has 0 aliphatic carbocycles. The third-order valence-electron chi connectivity index (χ3n) is 1.72. The number of amides is 1. The monoisotopic (exact) mass is 191 g/mol. The van der Waals surface area contributed by atoms with Gasteiger partial charge in [-0.05, 0) is 5.56 Å². The first-order valence-electron chi connectivity index (χ1n) is 4.18. The maximum Gasteiger partial charge on any atom is 0.511 e. The van der Waals surface area contributed by atoms with Gasteiger partial charge >= 0.3 is 6.09 Å². The molecule has 0 aromatic heterocycles. The molecular weight excluding hydrogens is 180 g/mol. The molecule has 72 valence electrons. The second-order valence-electron chi connectivity index (χ2n) is 2.75. The SMILES string of the molecule is N#CCC(OC([NH3+])=O)c1ccccc1. The molecule has 0 aliphatic heterocycles. The summed E-state index contributed by atoms with van der Waals surface area (Å²) in [7, 11) is 0. The Morgan fingerprint density at radius 2 is 2.14 bits per heavy atom. The van der Waals surface area contributed by atoms with Crippen molar-refractivity contribution in [2.45, 2.75) is 12.5 Å². The number of ether oxygens (including phenoxy) is 1. The Bertz CT molecular complexity index is 343. The van der Waals surface area contributed by atoms with Crippen LogP contribution < -0.4 is 5.73 Å². The molecular formula is C10H11N2O2+. The van der Waals surface area contributed by atoms with Crippen molar-refractivity contribution in [3.63, 3.8) is 0 Å². The molecule has 4 nitrogen and oxygen atoms in total. The summed E-state index contributed by atoms with van der Waals surface area (Å²) in [6.07, 6.45) is -0.981. The van der Waals surface area contributed by atoms with Gasteiger partial charge < -0.3 is 4.74 Å². The van der Waals surface area contributed by atoms with Crippen LogP contribution in [0.4, 0.5) is 4.79 Å². The van der Waals surface area contributed by atoms with Crippen molar-refractivity contribution >= 4 is 6.09 Å². The standard InChI is InChI=1S/C10H10N2O2/c11-7-6-9(14-10(12)13)8-4-2-1-3-5-8/h1-5,9H,6H2,(H2,12,13)/p+1. The van der Waals surface area contributed by atoms with Crippen molar-refractivity contribution in [3.05, 3.63) is 35.9 Å². The predicted octanol–water partition coefficient (Wildman–Crippen LogP) is 1.02. The van der Waals surface area contributed by atoms with E-state index in [4.69, 9.17) is 10.00 Å². The van der Waals surface area contributed by atoms with Gasteiger partial charge in [0.1, 0.15) is 6.10 Å². The van der Waals surface area contributed by atoms with E-state index in [2.05, 4.69) is 5.73 Å². The Labute approximate surface area is 81.9 Å². The largest absolute Gasteiger partial charge is 0.511 e. The molecule has 1 rings (SSSR count). The summed E-state index contributed by atoms with van der Waals surface area (Å²) in [5.41, 5.74) is 3.93. The molecule has 0 spiro atoms. The Hall–Kier alpha value is -1.86. The number of carbonyl (C=O) groups is 1. The van der Waals surface area contributed by atoms with Crippen molar-refractivity contribution < 1.29 is 15.3 Å². The number of nitrogens with zero attached hydrogens (tertiary/aromatic N) is 1. The summed E-state index contributed by atoms with van der Waals surface area (Å²) < 4.78 is 4.90. The van der Waals surface area contributed by atoms with Gasteiger partial charge in [0, 0.05) is 0 Å². The topological polar surface area (TPSA) is 77.7 Å². The molecule has 0 fully saturated rings. The number of rotatable bonds is 3. The maximum atomic E-state index is 10.7. The van der Waals surface area contributed by atoms with Gasteiger partial charge in [0.2, 0.25) is 0 Å². The summed E-state index contributed by atoms with van der Waals surface area (Å²) in [6.45, 7) is 0. The second kappa shape index (κ2) is 5.00. The zero-order valence-electron chi connectivity index (χ0n) is 7.64. The lowest BCUT2D eigenvalue weighted by Crippen LogP contribution is -2.57. The molecule has 3 N–H and O–H groups in total. The van der Waals surface area contributed by atoms with Gasteiger partial charge in [0.05, 0.1) is 12.5 Å². The van der Waals surface area contributed by atoms with Crippen LogP contribution in [0.15, 0.2) is 30.3 Å². The number of nitriles is 1. The lowest BCUT2D eigenvalue weighted by molar-refractivity contribution is -0.288. The Balaban J connectivity index is 2.78. The smallest absolute Gasteiger partial charge is 0.411 e. The fourth-order valence-corrected chi connectivity index (χ4v) is 1.14. The number of quaternary nitrogens is 1. The quantitative estimate of drug-likeness (QED) is 0.774. The Kier molecular flexibility index (Phi) is 3.65. The first-order chi connectivity index (χ1) is 6.74. The summed E-state index contributed by atoms with van der Waals surface area (Å²) in [6, 6.07) is 11.1. The van der Waals surface area contributed by atoms with Gasteiger partial charge in [-0.15, -0.1) is 0 Å². The summed E-state index contributed by atoms with van der Waals surface area (Å²) >= 11 is 0. The highest BCUT2D eigenvalue weighted by Gasteiger charge is 2.15. The predicted molar refractivity (Wildman–Crippen MR) is 48.8 cm³/mol. The molecule has 14 heavy (non-hydrogen) atoms. The van der Waals surface area contributed by atoms with Crippen LogP contribution in [0.25, 0.3) is 0 Å². The number of hydrogen-bond acceptors (Lipinski definition) is 3. The van der Waals surface area contributed by atoms with Crippen molar-refractivity contribution in [2.24, 2.45) is 0 Å². The molecule has 0 radical (unpaired) electrons. The number of carbonyl (C=O) groups excluding carboxylic acids is 1. The van der Waals surface area contributed by atoms with Crippen LogP contribution in [0.3, 0.4) is 0 Å². The van der Waals surface area contributed by atoms with E-state index >= 15 is 0 Å². The summed E-state index contributed by atoms with van der Waals surface area (Å²) in [5.74, 6) is 0. The van der Waals surface area contributed by atoms with Gasteiger partial charge in [0.25, 0.3) is 0 Å².